The first-order valence-electron chi connectivity index (χ1n) is 6.95. The Balaban J connectivity index is 2.10. The number of hydrogen-bond donors (Lipinski definition) is 1. The van der Waals surface area contributed by atoms with Crippen molar-refractivity contribution in [3.63, 3.8) is 0 Å². The molecule has 1 fully saturated rings. The first kappa shape index (κ1) is 14.9. The number of rotatable bonds is 6. The third kappa shape index (κ3) is 3.16. The van der Waals surface area contributed by atoms with E-state index in [1.54, 1.807) is 30.2 Å². The molecule has 1 aliphatic heterocycles. The number of methoxy groups -OCH3 is 1. The van der Waals surface area contributed by atoms with Crippen LogP contribution in [0.2, 0.25) is 0 Å². The van der Waals surface area contributed by atoms with Crippen LogP contribution < -0.4 is 5.32 Å². The van der Waals surface area contributed by atoms with E-state index in [4.69, 9.17) is 4.74 Å². The number of unbranched alkanes of at least 4 members (excludes halogenated alkanes) is 1. The SMILES string of the molecule is COCCCCN1C(=O)C(C)NC1c1ccccc1F. The van der Waals surface area contributed by atoms with Crippen molar-refractivity contribution in [1.82, 2.24) is 10.2 Å². The van der Waals surface area contributed by atoms with E-state index in [0.29, 0.717) is 18.7 Å². The lowest BCUT2D eigenvalue weighted by Gasteiger charge is -2.24. The summed E-state index contributed by atoms with van der Waals surface area (Å²) in [7, 11) is 1.66. The summed E-state index contributed by atoms with van der Waals surface area (Å²) < 4.78 is 18.9. The van der Waals surface area contributed by atoms with Gasteiger partial charge >= 0.3 is 0 Å². The van der Waals surface area contributed by atoms with Crippen LogP contribution in [-0.2, 0) is 9.53 Å². The van der Waals surface area contributed by atoms with Crippen LogP contribution in [0, 0.1) is 5.82 Å². The van der Waals surface area contributed by atoms with Crippen LogP contribution >= 0.6 is 0 Å². The number of ether oxygens (including phenoxy) is 1. The molecule has 1 aliphatic rings. The lowest BCUT2D eigenvalue weighted by molar-refractivity contribution is -0.129. The molecule has 110 valence electrons. The molecule has 2 unspecified atom stereocenters. The van der Waals surface area contributed by atoms with Crippen molar-refractivity contribution < 1.29 is 13.9 Å². The maximum absolute atomic E-state index is 13.9. The second-order valence-electron chi connectivity index (χ2n) is 5.04. The Bertz CT molecular complexity index is 467. The Morgan fingerprint density at radius 3 is 2.80 bits per heavy atom. The zero-order valence-corrected chi connectivity index (χ0v) is 11.9. The van der Waals surface area contributed by atoms with Gasteiger partial charge in [-0.2, -0.15) is 0 Å². The van der Waals surface area contributed by atoms with Gasteiger partial charge in [0.05, 0.1) is 6.04 Å². The van der Waals surface area contributed by atoms with Crippen LogP contribution in [0.3, 0.4) is 0 Å². The number of nitrogens with one attached hydrogen (secondary N) is 1. The average molecular weight is 280 g/mol. The van der Waals surface area contributed by atoms with E-state index in [-0.39, 0.29) is 23.9 Å². The summed E-state index contributed by atoms with van der Waals surface area (Å²) in [6.45, 7) is 3.10. The number of nitrogens with zero attached hydrogens (tertiary/aromatic N) is 1. The molecule has 0 saturated carbocycles. The van der Waals surface area contributed by atoms with Gasteiger partial charge in [0.2, 0.25) is 5.91 Å². The molecule has 1 amide bonds. The normalized spacial score (nSPS) is 22.6. The zero-order chi connectivity index (χ0) is 14.5. The molecule has 1 saturated heterocycles. The van der Waals surface area contributed by atoms with Gasteiger partial charge in [-0.1, -0.05) is 18.2 Å². The summed E-state index contributed by atoms with van der Waals surface area (Å²) in [6.07, 6.45) is 1.36. The second-order valence-corrected chi connectivity index (χ2v) is 5.04. The average Bonchev–Trinajstić information content (AvgIpc) is 2.72. The largest absolute Gasteiger partial charge is 0.385 e. The number of hydrogen-bond acceptors (Lipinski definition) is 3. The summed E-state index contributed by atoms with van der Waals surface area (Å²) in [4.78, 5) is 13.9. The molecule has 20 heavy (non-hydrogen) atoms. The lowest BCUT2D eigenvalue weighted by atomic mass is 10.1. The number of carbonyl (C=O) groups is 1. The number of benzene rings is 1. The van der Waals surface area contributed by atoms with Crippen LogP contribution in [0.25, 0.3) is 0 Å². The van der Waals surface area contributed by atoms with Gasteiger partial charge in [-0.25, -0.2) is 4.39 Å². The monoisotopic (exact) mass is 280 g/mol. The summed E-state index contributed by atoms with van der Waals surface area (Å²) in [5.41, 5.74) is 0.525. The van der Waals surface area contributed by atoms with Crippen LogP contribution in [0.5, 0.6) is 0 Å². The predicted octanol–water partition coefficient (Wildman–Crippen LogP) is 2.07. The molecule has 1 aromatic carbocycles. The summed E-state index contributed by atoms with van der Waals surface area (Å²) in [5.74, 6) is -0.260. The van der Waals surface area contributed by atoms with E-state index in [2.05, 4.69) is 5.32 Å². The highest BCUT2D eigenvalue weighted by atomic mass is 19.1. The Morgan fingerprint density at radius 1 is 1.35 bits per heavy atom. The van der Waals surface area contributed by atoms with Crippen molar-refractivity contribution in [2.75, 3.05) is 20.3 Å². The van der Waals surface area contributed by atoms with Gasteiger partial charge in [0.15, 0.2) is 0 Å². The van der Waals surface area contributed by atoms with Gasteiger partial charge in [0.1, 0.15) is 12.0 Å². The molecule has 2 rings (SSSR count). The molecule has 0 aromatic heterocycles. The number of amides is 1. The van der Waals surface area contributed by atoms with Crippen LogP contribution in [0.4, 0.5) is 4.39 Å². The fourth-order valence-electron chi connectivity index (χ4n) is 2.50. The number of halogens is 1. The van der Waals surface area contributed by atoms with Gasteiger partial charge < -0.3 is 9.64 Å². The van der Waals surface area contributed by atoms with Crippen molar-refractivity contribution in [2.24, 2.45) is 0 Å². The smallest absolute Gasteiger partial charge is 0.241 e. The first-order chi connectivity index (χ1) is 9.65. The molecular formula is C15H21FN2O2. The van der Waals surface area contributed by atoms with Gasteiger partial charge in [-0.3, -0.25) is 10.1 Å². The maximum Gasteiger partial charge on any atom is 0.241 e. The van der Waals surface area contributed by atoms with Crippen molar-refractivity contribution >= 4 is 5.91 Å². The fourth-order valence-corrected chi connectivity index (χ4v) is 2.50. The standard InChI is InChI=1S/C15H21FN2O2/c1-11-15(19)18(9-5-6-10-20-2)14(17-11)12-7-3-4-8-13(12)16/h3-4,7-8,11,14,17H,5-6,9-10H2,1-2H3. The van der Waals surface area contributed by atoms with Gasteiger partial charge in [0.25, 0.3) is 0 Å². The molecule has 1 heterocycles. The molecule has 0 spiro atoms. The summed E-state index contributed by atoms with van der Waals surface area (Å²) in [5, 5.41) is 3.16. The van der Waals surface area contributed by atoms with E-state index in [0.717, 1.165) is 12.8 Å². The topological polar surface area (TPSA) is 41.6 Å². The molecule has 0 aliphatic carbocycles. The molecule has 0 radical (unpaired) electrons. The minimum Gasteiger partial charge on any atom is -0.385 e. The summed E-state index contributed by atoms with van der Waals surface area (Å²) in [6, 6.07) is 6.31. The Morgan fingerprint density at radius 2 is 2.10 bits per heavy atom. The molecule has 4 nitrogen and oxygen atoms in total. The Labute approximate surface area is 118 Å². The van der Waals surface area contributed by atoms with Gasteiger partial charge in [-0.05, 0) is 25.8 Å². The van der Waals surface area contributed by atoms with Gasteiger partial charge in [-0.15, -0.1) is 0 Å². The number of carbonyl (C=O) groups excluding carboxylic acids is 1. The van der Waals surface area contributed by atoms with E-state index in [1.807, 2.05) is 6.92 Å². The predicted molar refractivity (Wildman–Crippen MR) is 74.6 cm³/mol. The summed E-state index contributed by atoms with van der Waals surface area (Å²) >= 11 is 0. The van der Waals surface area contributed by atoms with Crippen molar-refractivity contribution in [1.29, 1.82) is 0 Å². The highest BCUT2D eigenvalue weighted by Crippen LogP contribution is 2.27. The highest BCUT2D eigenvalue weighted by molar-refractivity contribution is 5.84. The maximum atomic E-state index is 13.9. The van der Waals surface area contributed by atoms with Crippen molar-refractivity contribution in [2.45, 2.75) is 32.0 Å². The Hall–Kier alpha value is -1.46. The lowest BCUT2D eigenvalue weighted by Crippen LogP contribution is -2.32. The van der Waals surface area contributed by atoms with Crippen LogP contribution in [-0.4, -0.2) is 37.1 Å². The van der Waals surface area contributed by atoms with E-state index in [1.165, 1.54) is 6.07 Å². The van der Waals surface area contributed by atoms with E-state index < -0.39 is 0 Å². The molecule has 1 aromatic rings. The molecule has 2 atom stereocenters. The molecule has 1 N–H and O–H groups in total. The van der Waals surface area contributed by atoms with E-state index in [9.17, 15) is 9.18 Å². The molecular weight excluding hydrogens is 259 g/mol. The third-order valence-electron chi connectivity index (χ3n) is 3.57. The van der Waals surface area contributed by atoms with Gasteiger partial charge in [0, 0.05) is 25.8 Å². The molecule has 0 bridgehead atoms. The fraction of sp³-hybridized carbons (Fsp3) is 0.533. The minimum absolute atomic E-state index is 0.0238. The molecule has 5 heteroatoms. The zero-order valence-electron chi connectivity index (χ0n) is 11.9. The second kappa shape index (κ2) is 6.81. The minimum atomic E-state index is -0.374. The van der Waals surface area contributed by atoms with Crippen molar-refractivity contribution in [3.05, 3.63) is 35.6 Å². The first-order valence-corrected chi connectivity index (χ1v) is 6.95. The highest BCUT2D eigenvalue weighted by Gasteiger charge is 2.37. The van der Waals surface area contributed by atoms with Crippen LogP contribution in [0.1, 0.15) is 31.5 Å². The van der Waals surface area contributed by atoms with E-state index >= 15 is 0 Å². The quantitative estimate of drug-likeness (QED) is 0.811. The Kier molecular flexibility index (Phi) is 5.09. The third-order valence-corrected chi connectivity index (χ3v) is 3.57. The van der Waals surface area contributed by atoms with Crippen molar-refractivity contribution in [3.8, 4) is 0 Å². The van der Waals surface area contributed by atoms with Crippen LogP contribution in [0.15, 0.2) is 24.3 Å².